The van der Waals surface area contributed by atoms with Crippen molar-refractivity contribution in [1.29, 1.82) is 0 Å². The Morgan fingerprint density at radius 2 is 1.90 bits per heavy atom. The Morgan fingerprint density at radius 3 is 2.52 bits per heavy atom. The molecule has 0 aromatic heterocycles. The predicted molar refractivity (Wildman–Crippen MR) is 85.0 cm³/mol. The summed E-state index contributed by atoms with van der Waals surface area (Å²) in [4.78, 5) is 0.360. The Morgan fingerprint density at radius 1 is 1.19 bits per heavy atom. The number of methoxy groups -OCH3 is 1. The standard InChI is InChI=1S/C15H26N2O3S/c1-5-16-11-14-10-15(13(3)9-12(14)2)21(18,19)17-7-6-8-20-4/h9-10,16-17H,5-8,11H2,1-4H3. The highest BCUT2D eigenvalue weighted by Crippen LogP contribution is 2.20. The van der Waals surface area contributed by atoms with Gasteiger partial charge in [-0.15, -0.1) is 0 Å². The van der Waals surface area contributed by atoms with Gasteiger partial charge in [0.1, 0.15) is 0 Å². The van der Waals surface area contributed by atoms with Crippen LogP contribution in [0.25, 0.3) is 0 Å². The van der Waals surface area contributed by atoms with E-state index in [1.54, 1.807) is 13.2 Å². The van der Waals surface area contributed by atoms with Gasteiger partial charge in [-0.3, -0.25) is 0 Å². The fourth-order valence-corrected chi connectivity index (χ4v) is 3.46. The minimum absolute atomic E-state index is 0.360. The van der Waals surface area contributed by atoms with Crippen LogP contribution in [0.5, 0.6) is 0 Å². The van der Waals surface area contributed by atoms with E-state index in [4.69, 9.17) is 4.74 Å². The van der Waals surface area contributed by atoms with Crippen molar-refractivity contribution in [1.82, 2.24) is 10.0 Å². The third-order valence-electron chi connectivity index (χ3n) is 3.31. The van der Waals surface area contributed by atoms with Crippen LogP contribution in [0.15, 0.2) is 17.0 Å². The topological polar surface area (TPSA) is 67.4 Å². The minimum Gasteiger partial charge on any atom is -0.385 e. The summed E-state index contributed by atoms with van der Waals surface area (Å²) in [5, 5.41) is 3.23. The normalized spacial score (nSPS) is 11.8. The molecule has 1 rings (SSSR count). The van der Waals surface area contributed by atoms with E-state index in [2.05, 4.69) is 10.0 Å². The zero-order valence-electron chi connectivity index (χ0n) is 13.3. The van der Waals surface area contributed by atoms with Crippen LogP contribution in [0, 0.1) is 13.8 Å². The average Bonchev–Trinajstić information content (AvgIpc) is 2.42. The first-order valence-corrected chi connectivity index (χ1v) is 8.70. The molecule has 0 saturated heterocycles. The number of nitrogens with one attached hydrogen (secondary N) is 2. The Hall–Kier alpha value is -0.950. The SMILES string of the molecule is CCNCc1cc(S(=O)(=O)NCCCOC)c(C)cc1C. The summed E-state index contributed by atoms with van der Waals surface area (Å²) < 4.78 is 32.3. The third-order valence-corrected chi connectivity index (χ3v) is 4.91. The summed E-state index contributed by atoms with van der Waals surface area (Å²) in [6, 6.07) is 3.70. The second kappa shape index (κ2) is 8.48. The third kappa shape index (κ3) is 5.39. The van der Waals surface area contributed by atoms with Gasteiger partial charge in [0.2, 0.25) is 10.0 Å². The van der Waals surface area contributed by atoms with E-state index in [1.165, 1.54) is 0 Å². The average molecular weight is 314 g/mol. The lowest BCUT2D eigenvalue weighted by atomic mass is 10.1. The van der Waals surface area contributed by atoms with Gasteiger partial charge >= 0.3 is 0 Å². The van der Waals surface area contributed by atoms with Crippen molar-refractivity contribution >= 4 is 10.0 Å². The van der Waals surface area contributed by atoms with Crippen LogP contribution < -0.4 is 10.0 Å². The monoisotopic (exact) mass is 314 g/mol. The van der Waals surface area contributed by atoms with Gasteiger partial charge in [-0.05, 0) is 49.6 Å². The van der Waals surface area contributed by atoms with Gasteiger partial charge in [0.15, 0.2) is 0 Å². The highest BCUT2D eigenvalue weighted by Gasteiger charge is 2.17. The molecule has 0 radical (unpaired) electrons. The van der Waals surface area contributed by atoms with Crippen LogP contribution in [0.3, 0.4) is 0 Å². The summed E-state index contributed by atoms with van der Waals surface area (Å²) in [6.07, 6.45) is 0.658. The second-order valence-electron chi connectivity index (χ2n) is 5.07. The van der Waals surface area contributed by atoms with Crippen molar-refractivity contribution in [2.45, 2.75) is 38.6 Å². The van der Waals surface area contributed by atoms with Gasteiger partial charge < -0.3 is 10.1 Å². The fourth-order valence-electron chi connectivity index (χ4n) is 2.11. The molecule has 2 N–H and O–H groups in total. The summed E-state index contributed by atoms with van der Waals surface area (Å²) in [5.74, 6) is 0. The Bertz CT molecular complexity index is 556. The molecule has 120 valence electrons. The lowest BCUT2D eigenvalue weighted by Crippen LogP contribution is -2.26. The number of benzene rings is 1. The molecule has 1 aromatic rings. The summed E-state index contributed by atoms with van der Waals surface area (Å²) in [5.41, 5.74) is 2.89. The number of sulfonamides is 1. The molecule has 0 aliphatic heterocycles. The number of ether oxygens (including phenoxy) is 1. The maximum atomic E-state index is 12.4. The molecule has 0 bridgehead atoms. The number of hydrogen-bond donors (Lipinski definition) is 2. The first-order chi connectivity index (χ1) is 9.92. The van der Waals surface area contributed by atoms with Crippen molar-refractivity contribution in [3.8, 4) is 0 Å². The first kappa shape index (κ1) is 18.1. The van der Waals surface area contributed by atoms with E-state index in [-0.39, 0.29) is 0 Å². The van der Waals surface area contributed by atoms with E-state index in [0.29, 0.717) is 31.0 Å². The quantitative estimate of drug-likeness (QED) is 0.681. The summed E-state index contributed by atoms with van der Waals surface area (Å²) >= 11 is 0. The van der Waals surface area contributed by atoms with Crippen molar-refractivity contribution < 1.29 is 13.2 Å². The molecular formula is C15H26N2O3S. The van der Waals surface area contributed by atoms with Crippen molar-refractivity contribution in [2.75, 3.05) is 26.8 Å². The Balaban J connectivity index is 2.94. The van der Waals surface area contributed by atoms with Crippen LogP contribution >= 0.6 is 0 Å². The number of aryl methyl sites for hydroxylation is 2. The highest BCUT2D eigenvalue weighted by atomic mass is 32.2. The molecule has 0 spiro atoms. The maximum absolute atomic E-state index is 12.4. The molecule has 0 saturated carbocycles. The number of hydrogen-bond acceptors (Lipinski definition) is 4. The van der Waals surface area contributed by atoms with Crippen LogP contribution in [-0.4, -0.2) is 35.2 Å². The van der Waals surface area contributed by atoms with Gasteiger partial charge in [0.25, 0.3) is 0 Å². The van der Waals surface area contributed by atoms with Gasteiger partial charge in [0.05, 0.1) is 4.90 Å². The van der Waals surface area contributed by atoms with Gasteiger partial charge in [0, 0.05) is 26.8 Å². The molecule has 0 amide bonds. The molecule has 0 atom stereocenters. The molecule has 0 heterocycles. The minimum atomic E-state index is -3.47. The van der Waals surface area contributed by atoms with E-state index in [0.717, 1.165) is 23.2 Å². The lowest BCUT2D eigenvalue weighted by Gasteiger charge is -2.14. The van der Waals surface area contributed by atoms with Gasteiger partial charge in [-0.1, -0.05) is 13.0 Å². The summed E-state index contributed by atoms with van der Waals surface area (Å²) in [6.45, 7) is 8.31. The van der Waals surface area contributed by atoms with Gasteiger partial charge in [-0.2, -0.15) is 0 Å². The van der Waals surface area contributed by atoms with Crippen LogP contribution in [0.2, 0.25) is 0 Å². The molecule has 0 fully saturated rings. The van der Waals surface area contributed by atoms with E-state index < -0.39 is 10.0 Å². The molecule has 0 aliphatic carbocycles. The molecule has 1 aromatic carbocycles. The summed E-state index contributed by atoms with van der Waals surface area (Å²) in [7, 11) is -1.87. The highest BCUT2D eigenvalue weighted by molar-refractivity contribution is 7.89. The molecule has 21 heavy (non-hydrogen) atoms. The first-order valence-electron chi connectivity index (χ1n) is 7.21. The Kier molecular flexibility index (Phi) is 7.31. The lowest BCUT2D eigenvalue weighted by molar-refractivity contribution is 0.196. The van der Waals surface area contributed by atoms with Crippen molar-refractivity contribution in [3.05, 3.63) is 28.8 Å². The molecule has 0 aliphatic rings. The van der Waals surface area contributed by atoms with E-state index in [9.17, 15) is 8.42 Å². The Labute approximate surface area is 128 Å². The zero-order chi connectivity index (χ0) is 15.9. The number of rotatable bonds is 9. The molecule has 6 heteroatoms. The van der Waals surface area contributed by atoms with Crippen LogP contribution in [0.1, 0.15) is 30.0 Å². The van der Waals surface area contributed by atoms with Gasteiger partial charge in [-0.25, -0.2) is 13.1 Å². The second-order valence-corrected chi connectivity index (χ2v) is 6.80. The zero-order valence-corrected chi connectivity index (χ0v) is 14.1. The maximum Gasteiger partial charge on any atom is 0.240 e. The van der Waals surface area contributed by atoms with E-state index in [1.807, 2.05) is 26.8 Å². The van der Waals surface area contributed by atoms with E-state index >= 15 is 0 Å². The molecule has 0 unspecified atom stereocenters. The van der Waals surface area contributed by atoms with Crippen LogP contribution in [0.4, 0.5) is 0 Å². The largest absolute Gasteiger partial charge is 0.385 e. The smallest absolute Gasteiger partial charge is 0.240 e. The van der Waals surface area contributed by atoms with Crippen molar-refractivity contribution in [3.63, 3.8) is 0 Å². The van der Waals surface area contributed by atoms with Crippen LogP contribution in [-0.2, 0) is 21.3 Å². The predicted octanol–water partition coefficient (Wildman–Crippen LogP) is 1.73. The molecule has 5 nitrogen and oxygen atoms in total. The molecular weight excluding hydrogens is 288 g/mol. The van der Waals surface area contributed by atoms with Crippen molar-refractivity contribution in [2.24, 2.45) is 0 Å². The fraction of sp³-hybridized carbons (Fsp3) is 0.600.